The Morgan fingerprint density at radius 1 is 1.31 bits per heavy atom. The van der Waals surface area contributed by atoms with Gasteiger partial charge in [-0.25, -0.2) is 13.4 Å². The Morgan fingerprint density at radius 2 is 2.10 bits per heavy atom. The summed E-state index contributed by atoms with van der Waals surface area (Å²) in [5.41, 5.74) is 3.84. The van der Waals surface area contributed by atoms with Crippen molar-refractivity contribution in [1.29, 1.82) is 0 Å². The lowest BCUT2D eigenvalue weighted by molar-refractivity contribution is 0.0951. The fourth-order valence-electron chi connectivity index (χ4n) is 3.99. The molecule has 1 aliphatic heterocycles. The molecular formula is C20H25N5O3S. The number of nitrogens with zero attached hydrogens (tertiary/aromatic N) is 3. The molecule has 1 aliphatic rings. The van der Waals surface area contributed by atoms with Gasteiger partial charge in [-0.05, 0) is 38.8 Å². The minimum Gasteiger partial charge on any atom is -0.352 e. The van der Waals surface area contributed by atoms with Gasteiger partial charge in [0.1, 0.15) is 5.82 Å². The van der Waals surface area contributed by atoms with E-state index < -0.39 is 9.84 Å². The number of aromatic amines is 1. The van der Waals surface area contributed by atoms with Crippen LogP contribution in [0.25, 0.3) is 11.0 Å². The Morgan fingerprint density at radius 3 is 2.83 bits per heavy atom. The molecule has 0 aliphatic carbocycles. The highest BCUT2D eigenvalue weighted by Gasteiger charge is 2.32. The topological polar surface area (TPSA) is 110 Å². The van der Waals surface area contributed by atoms with Gasteiger partial charge in [-0.3, -0.25) is 9.48 Å². The van der Waals surface area contributed by atoms with E-state index in [1.165, 1.54) is 0 Å². The van der Waals surface area contributed by atoms with Crippen molar-refractivity contribution in [2.75, 3.05) is 18.1 Å². The lowest BCUT2D eigenvalue weighted by Gasteiger charge is -2.11. The van der Waals surface area contributed by atoms with Crippen LogP contribution in [0.2, 0.25) is 0 Å². The van der Waals surface area contributed by atoms with Crippen molar-refractivity contribution in [3.05, 3.63) is 47.0 Å². The van der Waals surface area contributed by atoms with E-state index in [1.54, 1.807) is 11.6 Å². The minimum absolute atomic E-state index is 0.0908. The number of rotatable bonds is 6. The van der Waals surface area contributed by atoms with Crippen molar-refractivity contribution in [1.82, 2.24) is 25.1 Å². The number of sulfone groups is 1. The van der Waals surface area contributed by atoms with Gasteiger partial charge >= 0.3 is 0 Å². The largest absolute Gasteiger partial charge is 0.352 e. The zero-order chi connectivity index (χ0) is 20.6. The molecule has 0 unspecified atom stereocenters. The summed E-state index contributed by atoms with van der Waals surface area (Å²) < 4.78 is 25.3. The quantitative estimate of drug-likeness (QED) is 0.599. The van der Waals surface area contributed by atoms with E-state index in [2.05, 4.69) is 20.4 Å². The average molecular weight is 416 g/mol. The van der Waals surface area contributed by atoms with Crippen LogP contribution in [-0.4, -0.2) is 52.1 Å². The van der Waals surface area contributed by atoms with Gasteiger partial charge < -0.3 is 10.3 Å². The number of amides is 1. The fraction of sp³-hybridized carbons (Fsp3) is 0.450. The molecule has 154 valence electrons. The Kier molecular flexibility index (Phi) is 5.16. The lowest BCUT2D eigenvalue weighted by Crippen LogP contribution is -2.26. The molecule has 0 spiro atoms. The van der Waals surface area contributed by atoms with Crippen LogP contribution in [0, 0.1) is 13.8 Å². The Labute approximate surface area is 169 Å². The number of fused-ring (bicyclic) bond motifs is 1. The van der Waals surface area contributed by atoms with Gasteiger partial charge in [0.05, 0.1) is 39.8 Å². The first-order valence-corrected chi connectivity index (χ1v) is 11.6. The van der Waals surface area contributed by atoms with Crippen molar-refractivity contribution in [3.8, 4) is 0 Å². The maximum atomic E-state index is 12.7. The SMILES string of the molecule is Cc1nn([C@@H]2CCS(=O)(=O)C2)c(C)c1C(=O)NCCCc1nc2ccccc2[nH]1. The van der Waals surface area contributed by atoms with E-state index in [0.29, 0.717) is 24.2 Å². The molecule has 0 saturated carbocycles. The van der Waals surface area contributed by atoms with E-state index >= 15 is 0 Å². The monoisotopic (exact) mass is 415 g/mol. The van der Waals surface area contributed by atoms with Crippen LogP contribution < -0.4 is 5.32 Å². The molecule has 1 fully saturated rings. The maximum absolute atomic E-state index is 12.7. The van der Waals surface area contributed by atoms with Crippen LogP contribution in [0.4, 0.5) is 0 Å². The summed E-state index contributed by atoms with van der Waals surface area (Å²) in [6, 6.07) is 7.70. The molecule has 8 nitrogen and oxygen atoms in total. The Bertz CT molecular complexity index is 1130. The third-order valence-electron chi connectivity index (χ3n) is 5.42. The number of imidazole rings is 1. The summed E-state index contributed by atoms with van der Waals surface area (Å²) in [4.78, 5) is 20.5. The molecule has 4 rings (SSSR count). The number of H-pyrrole nitrogens is 1. The first kappa shape index (κ1) is 19.6. The number of carbonyl (C=O) groups is 1. The number of hydrogen-bond donors (Lipinski definition) is 2. The summed E-state index contributed by atoms with van der Waals surface area (Å²) in [5.74, 6) is 1.01. The number of nitrogens with one attached hydrogen (secondary N) is 2. The number of aryl methyl sites for hydroxylation is 2. The summed E-state index contributed by atoms with van der Waals surface area (Å²) in [6.07, 6.45) is 2.05. The van der Waals surface area contributed by atoms with Crippen LogP contribution in [-0.2, 0) is 16.3 Å². The summed E-state index contributed by atoms with van der Waals surface area (Å²) in [6.45, 7) is 4.14. The molecule has 1 aromatic carbocycles. The molecule has 0 radical (unpaired) electrons. The second-order valence-corrected chi connectivity index (χ2v) is 9.84. The molecule has 1 atom stereocenters. The number of aromatic nitrogens is 4. The summed E-state index contributed by atoms with van der Waals surface area (Å²) >= 11 is 0. The van der Waals surface area contributed by atoms with Crippen LogP contribution in [0.3, 0.4) is 0 Å². The summed E-state index contributed by atoms with van der Waals surface area (Å²) in [5, 5.41) is 7.41. The first-order valence-electron chi connectivity index (χ1n) is 9.82. The predicted octanol–water partition coefficient (Wildman–Crippen LogP) is 2.10. The molecule has 2 aromatic heterocycles. The fourth-order valence-corrected chi connectivity index (χ4v) is 5.68. The summed E-state index contributed by atoms with van der Waals surface area (Å²) in [7, 11) is -3.01. The molecule has 2 N–H and O–H groups in total. The Balaban J connectivity index is 1.36. The highest BCUT2D eigenvalue weighted by molar-refractivity contribution is 7.91. The second kappa shape index (κ2) is 7.62. The van der Waals surface area contributed by atoms with Crippen molar-refractivity contribution < 1.29 is 13.2 Å². The van der Waals surface area contributed by atoms with Crippen molar-refractivity contribution in [3.63, 3.8) is 0 Å². The van der Waals surface area contributed by atoms with Gasteiger partial charge in [0.15, 0.2) is 9.84 Å². The lowest BCUT2D eigenvalue weighted by atomic mass is 10.1. The van der Waals surface area contributed by atoms with Gasteiger partial charge in [0.2, 0.25) is 0 Å². The predicted molar refractivity (Wildman–Crippen MR) is 111 cm³/mol. The van der Waals surface area contributed by atoms with Crippen LogP contribution in [0.15, 0.2) is 24.3 Å². The normalized spacial score (nSPS) is 18.3. The molecule has 3 heterocycles. The number of hydrogen-bond acceptors (Lipinski definition) is 5. The first-order chi connectivity index (χ1) is 13.8. The zero-order valence-electron chi connectivity index (χ0n) is 16.6. The Hall–Kier alpha value is -2.68. The third kappa shape index (κ3) is 4.05. The number of carbonyl (C=O) groups excluding carboxylic acids is 1. The molecule has 1 saturated heterocycles. The van der Waals surface area contributed by atoms with Gasteiger partial charge in [-0.15, -0.1) is 0 Å². The molecule has 0 bridgehead atoms. The molecule has 29 heavy (non-hydrogen) atoms. The van der Waals surface area contributed by atoms with Gasteiger partial charge in [-0.2, -0.15) is 5.10 Å². The number of para-hydroxylation sites is 2. The molecule has 3 aromatic rings. The third-order valence-corrected chi connectivity index (χ3v) is 7.17. The van der Waals surface area contributed by atoms with Crippen molar-refractivity contribution in [2.24, 2.45) is 0 Å². The van der Waals surface area contributed by atoms with Crippen molar-refractivity contribution in [2.45, 2.75) is 39.2 Å². The molecular weight excluding hydrogens is 390 g/mol. The maximum Gasteiger partial charge on any atom is 0.255 e. The van der Waals surface area contributed by atoms with Crippen molar-refractivity contribution >= 4 is 26.8 Å². The van der Waals surface area contributed by atoms with Crippen LogP contribution >= 0.6 is 0 Å². The second-order valence-electron chi connectivity index (χ2n) is 7.61. The van der Waals surface area contributed by atoms with E-state index in [9.17, 15) is 13.2 Å². The molecule has 9 heteroatoms. The molecule has 1 amide bonds. The highest BCUT2D eigenvalue weighted by atomic mass is 32.2. The van der Waals surface area contributed by atoms with Crippen LogP contribution in [0.5, 0.6) is 0 Å². The van der Waals surface area contributed by atoms with E-state index in [-0.39, 0.29) is 23.5 Å². The van der Waals surface area contributed by atoms with E-state index in [0.717, 1.165) is 35.4 Å². The van der Waals surface area contributed by atoms with Gasteiger partial charge in [0, 0.05) is 18.7 Å². The van der Waals surface area contributed by atoms with Gasteiger partial charge in [-0.1, -0.05) is 12.1 Å². The highest BCUT2D eigenvalue weighted by Crippen LogP contribution is 2.26. The minimum atomic E-state index is -3.01. The standard InChI is InChI=1S/C20H25N5O3S/c1-13-19(14(2)25(24-13)15-9-11-29(27,28)12-15)20(26)21-10-5-8-18-22-16-6-3-4-7-17(16)23-18/h3-4,6-7,15H,5,8-12H2,1-2H3,(H,21,26)(H,22,23)/t15-/m1/s1. The average Bonchev–Trinajstić information content (AvgIpc) is 3.33. The number of benzene rings is 1. The smallest absolute Gasteiger partial charge is 0.255 e. The zero-order valence-corrected chi connectivity index (χ0v) is 17.4. The van der Waals surface area contributed by atoms with E-state index in [4.69, 9.17) is 0 Å². The van der Waals surface area contributed by atoms with Gasteiger partial charge in [0.25, 0.3) is 5.91 Å². The van der Waals surface area contributed by atoms with E-state index in [1.807, 2.05) is 31.2 Å². The van der Waals surface area contributed by atoms with Crippen LogP contribution in [0.1, 0.15) is 46.5 Å².